The van der Waals surface area contributed by atoms with E-state index in [1.165, 1.54) is 7.11 Å². The molecule has 18 nitrogen and oxygen atoms in total. The van der Waals surface area contributed by atoms with Crippen LogP contribution in [0.5, 0.6) is 0 Å². The zero-order chi connectivity index (χ0) is 45.5. The number of aryl methyl sites for hydroxylation is 2. The number of aromatic nitrogens is 4. The van der Waals surface area contributed by atoms with E-state index >= 15 is 0 Å². The molecule has 10 rings (SSSR count). The van der Waals surface area contributed by atoms with Gasteiger partial charge in [0.05, 0.1) is 52.3 Å². The quantitative estimate of drug-likeness (QED) is 0.217. The first-order valence-electron chi connectivity index (χ1n) is 21.6. The summed E-state index contributed by atoms with van der Waals surface area (Å²) in [5, 5.41) is 31.5. The molecular formula is C43H50Cl2N10O8S2. The van der Waals surface area contributed by atoms with E-state index in [-0.39, 0.29) is 25.9 Å². The summed E-state index contributed by atoms with van der Waals surface area (Å²) in [6, 6.07) is 14.0. The molecule has 0 radical (unpaired) electrons. The number of aliphatic hydroxyl groups is 2. The van der Waals surface area contributed by atoms with Gasteiger partial charge in [0, 0.05) is 124 Å². The number of carbonyl (C=O) groups excluding carboxylic acids is 1. The molecule has 22 heteroatoms. The number of anilines is 6. The lowest BCUT2D eigenvalue weighted by atomic mass is 10.2. The average molecular weight is 970 g/mol. The number of methoxy groups -OCH3 is 1. The number of halogens is 2. The Labute approximate surface area is 391 Å². The SMILES string of the molecule is COC(=O)[C@@H]1C[C@@H](O)CN1c1nc(N2CCN(c3ccc(Cl)cc3)CC2)nc2c1S(=O)CC2.O=C(O)[C@@H]1C[C@@H](O)CN1c1nc(N2CCN(c3ccc(Cl)cc3)CC2)nc2c1S(=O)CC2. The molecule has 6 aliphatic rings. The van der Waals surface area contributed by atoms with E-state index < -0.39 is 57.8 Å². The van der Waals surface area contributed by atoms with E-state index in [1.807, 2.05) is 48.5 Å². The third kappa shape index (κ3) is 9.42. The number of carboxylic acid groups (broad SMARTS) is 1. The smallest absolute Gasteiger partial charge is 0.328 e. The number of carbonyl (C=O) groups is 2. The highest BCUT2D eigenvalue weighted by atomic mass is 35.5. The highest BCUT2D eigenvalue weighted by Crippen LogP contribution is 2.38. The van der Waals surface area contributed by atoms with Crippen LogP contribution in [-0.4, -0.2) is 164 Å². The first kappa shape index (κ1) is 45.3. The maximum Gasteiger partial charge on any atom is 0.328 e. The second-order valence-corrected chi connectivity index (χ2v) is 20.6. The Kier molecular flexibility index (Phi) is 13.4. The highest BCUT2D eigenvalue weighted by molar-refractivity contribution is 7.85. The van der Waals surface area contributed by atoms with Crippen LogP contribution in [0.1, 0.15) is 24.2 Å². The number of piperazine rings is 2. The minimum absolute atomic E-state index is 0.121. The number of hydrogen-bond donors (Lipinski definition) is 3. The van der Waals surface area contributed by atoms with Gasteiger partial charge < -0.3 is 49.5 Å². The molecule has 4 saturated heterocycles. The Hall–Kier alpha value is -4.86. The largest absolute Gasteiger partial charge is 0.480 e. The predicted octanol–water partition coefficient (Wildman–Crippen LogP) is 2.38. The molecular weight excluding hydrogens is 920 g/mol. The van der Waals surface area contributed by atoms with Crippen molar-refractivity contribution in [1.82, 2.24) is 19.9 Å². The van der Waals surface area contributed by atoms with Crippen molar-refractivity contribution in [2.45, 2.75) is 59.8 Å². The van der Waals surface area contributed by atoms with Gasteiger partial charge in [0.1, 0.15) is 21.9 Å². The molecule has 346 valence electrons. The van der Waals surface area contributed by atoms with Crippen LogP contribution in [0.15, 0.2) is 58.3 Å². The van der Waals surface area contributed by atoms with Crippen LogP contribution in [0.2, 0.25) is 10.0 Å². The number of fused-ring (bicyclic) bond motifs is 2. The van der Waals surface area contributed by atoms with Crippen LogP contribution in [0.4, 0.5) is 34.9 Å². The number of esters is 1. The molecule has 6 atom stereocenters. The van der Waals surface area contributed by atoms with Gasteiger partial charge >= 0.3 is 11.9 Å². The van der Waals surface area contributed by atoms with E-state index in [4.69, 9.17) is 47.9 Å². The summed E-state index contributed by atoms with van der Waals surface area (Å²) in [7, 11) is -1.17. The molecule has 4 aromatic rings. The van der Waals surface area contributed by atoms with Gasteiger partial charge in [0.2, 0.25) is 11.9 Å². The number of nitrogens with zero attached hydrogens (tertiary/aromatic N) is 10. The van der Waals surface area contributed by atoms with Crippen LogP contribution in [0, 0.1) is 0 Å². The molecule has 0 spiro atoms. The van der Waals surface area contributed by atoms with Crippen molar-refractivity contribution in [1.29, 1.82) is 0 Å². The normalized spacial score (nSPS) is 25.1. The second-order valence-electron chi connectivity index (χ2n) is 16.7. The molecule has 2 aromatic heterocycles. The van der Waals surface area contributed by atoms with E-state index in [2.05, 4.69) is 19.6 Å². The van der Waals surface area contributed by atoms with E-state index in [0.29, 0.717) is 86.5 Å². The number of β-amino-alcohol motifs (C(OH)–C–C–N with tert-alkyl or cyclic N) is 2. The fourth-order valence-electron chi connectivity index (χ4n) is 9.32. The van der Waals surface area contributed by atoms with Crippen LogP contribution < -0.4 is 29.4 Å². The first-order chi connectivity index (χ1) is 31.3. The molecule has 2 aromatic carbocycles. The van der Waals surface area contributed by atoms with E-state index in [9.17, 15) is 33.3 Å². The lowest BCUT2D eigenvalue weighted by molar-refractivity contribution is -0.142. The van der Waals surface area contributed by atoms with Crippen molar-refractivity contribution in [2.24, 2.45) is 0 Å². The zero-order valence-corrected chi connectivity index (χ0v) is 38.8. The maximum atomic E-state index is 12.8. The fourth-order valence-corrected chi connectivity index (χ4v) is 12.3. The number of hydrogen-bond acceptors (Lipinski definition) is 17. The van der Waals surface area contributed by atoms with Crippen molar-refractivity contribution >= 4 is 91.6 Å². The molecule has 0 amide bonds. The molecule has 0 saturated carbocycles. The number of ether oxygens (including phenoxy) is 1. The average Bonchev–Trinajstić information content (AvgIpc) is 4.11. The lowest BCUT2D eigenvalue weighted by Gasteiger charge is -2.36. The van der Waals surface area contributed by atoms with Crippen molar-refractivity contribution in [3.05, 3.63) is 70.0 Å². The number of benzene rings is 2. The number of aliphatic carboxylic acids is 1. The van der Waals surface area contributed by atoms with E-state index in [1.54, 1.807) is 9.80 Å². The Balaban J connectivity index is 0.000000164. The second kappa shape index (κ2) is 19.2. The van der Waals surface area contributed by atoms with Crippen LogP contribution >= 0.6 is 23.2 Å². The predicted molar refractivity (Wildman–Crippen MR) is 249 cm³/mol. The van der Waals surface area contributed by atoms with Gasteiger partial charge in [-0.25, -0.2) is 19.6 Å². The molecule has 2 unspecified atom stereocenters. The van der Waals surface area contributed by atoms with Crippen LogP contribution in [0.3, 0.4) is 0 Å². The van der Waals surface area contributed by atoms with Crippen molar-refractivity contribution in [2.75, 3.05) is 113 Å². The van der Waals surface area contributed by atoms with E-state index in [0.717, 1.165) is 56.3 Å². The Morgan fingerprint density at radius 1 is 0.615 bits per heavy atom. The summed E-state index contributed by atoms with van der Waals surface area (Å²) in [5.74, 6) is 1.48. The lowest BCUT2D eigenvalue weighted by Crippen LogP contribution is -2.47. The monoisotopic (exact) mass is 968 g/mol. The third-order valence-electron chi connectivity index (χ3n) is 12.7. The standard InChI is InChI=1S/C22H26ClN5O4S.C21H24ClN5O4S/c1-32-21(30)18-12-16(29)13-28(18)20-19-17(6-11-33(19)31)24-22(25-20)27-9-7-26(8-10-27)15-4-2-14(23)3-5-15;22-13-1-3-14(4-2-13)25-6-8-26(9-7-25)21-23-16-5-10-32(31)18(16)19(24-21)27-12-15(28)11-17(27)20(29)30/h2-5,16,18,29H,6-13H2,1H3;1-4,15,17,28H,5-12H2,(H,29,30)/t16-,18+,33?;15-,17+,32?/m11/s1. The Morgan fingerprint density at radius 2 is 1.00 bits per heavy atom. The highest BCUT2D eigenvalue weighted by Gasteiger charge is 2.43. The number of rotatable bonds is 8. The Morgan fingerprint density at radius 3 is 1.40 bits per heavy atom. The summed E-state index contributed by atoms with van der Waals surface area (Å²) in [4.78, 5) is 56.4. The minimum Gasteiger partial charge on any atom is -0.480 e. The van der Waals surface area contributed by atoms with Crippen LogP contribution in [0.25, 0.3) is 0 Å². The maximum absolute atomic E-state index is 12.8. The summed E-state index contributed by atoms with van der Waals surface area (Å²) in [5.41, 5.74) is 3.71. The van der Waals surface area contributed by atoms with Crippen LogP contribution in [-0.2, 0) is 48.8 Å². The molecule has 65 heavy (non-hydrogen) atoms. The van der Waals surface area contributed by atoms with Crippen molar-refractivity contribution in [3.8, 4) is 0 Å². The summed E-state index contributed by atoms with van der Waals surface area (Å²) >= 11 is 12.0. The van der Waals surface area contributed by atoms with Gasteiger partial charge in [0.25, 0.3) is 0 Å². The van der Waals surface area contributed by atoms with Gasteiger partial charge in [-0.2, -0.15) is 9.97 Å². The topological polar surface area (TPSA) is 209 Å². The third-order valence-corrected chi connectivity index (χ3v) is 16.1. The van der Waals surface area contributed by atoms with Gasteiger partial charge in [-0.3, -0.25) is 8.42 Å². The van der Waals surface area contributed by atoms with Crippen molar-refractivity contribution in [3.63, 3.8) is 0 Å². The summed E-state index contributed by atoms with van der Waals surface area (Å²) in [6.07, 6.45) is 0.116. The molecule has 8 heterocycles. The van der Waals surface area contributed by atoms with Gasteiger partial charge in [0.15, 0.2) is 11.6 Å². The molecule has 6 aliphatic heterocycles. The molecule has 0 bridgehead atoms. The minimum atomic E-state index is -1.27. The molecule has 0 aliphatic carbocycles. The van der Waals surface area contributed by atoms with Gasteiger partial charge in [-0.1, -0.05) is 23.2 Å². The van der Waals surface area contributed by atoms with Gasteiger partial charge in [-0.05, 0) is 48.5 Å². The van der Waals surface area contributed by atoms with Gasteiger partial charge in [-0.15, -0.1) is 0 Å². The molecule has 4 fully saturated rings. The molecule has 3 N–H and O–H groups in total. The number of aliphatic hydroxyl groups excluding tert-OH is 2. The number of carboxylic acids is 1. The Bertz CT molecular complexity index is 2480. The summed E-state index contributed by atoms with van der Waals surface area (Å²) in [6.45, 7) is 6.43. The summed E-state index contributed by atoms with van der Waals surface area (Å²) < 4.78 is 30.4. The zero-order valence-electron chi connectivity index (χ0n) is 35.7. The van der Waals surface area contributed by atoms with Crippen molar-refractivity contribution < 1.29 is 38.1 Å². The fraction of sp³-hybridized carbons (Fsp3) is 0.488. The first-order valence-corrected chi connectivity index (χ1v) is 25.0.